The molecule has 0 unspecified atom stereocenters. The van der Waals surface area contributed by atoms with Crippen molar-refractivity contribution in [1.29, 1.82) is 0 Å². The molecule has 1 rings (SSSR count). The molecule has 0 bridgehead atoms. The first kappa shape index (κ1) is 9.31. The highest BCUT2D eigenvalue weighted by Crippen LogP contribution is 2.26. The average Bonchev–Trinajstić information content (AvgIpc) is 2.05. The lowest BCUT2D eigenvalue weighted by Gasteiger charge is -2.21. The maximum atomic E-state index is 3.88. The van der Waals surface area contributed by atoms with Gasteiger partial charge >= 0.3 is 0 Å². The zero-order chi connectivity index (χ0) is 8.81. The molecule has 0 aromatic heterocycles. The molecule has 0 N–H and O–H groups in total. The van der Waals surface area contributed by atoms with E-state index in [0.717, 1.165) is 0 Å². The third-order valence-corrected chi connectivity index (χ3v) is 2.66. The van der Waals surface area contributed by atoms with Crippen LogP contribution in [0.3, 0.4) is 0 Å². The van der Waals surface area contributed by atoms with E-state index < -0.39 is 0 Å². The molecule has 0 saturated carbocycles. The molecular weight excluding hydrogens is 144 g/mol. The Morgan fingerprint density at radius 3 is 1.67 bits per heavy atom. The first-order valence-corrected chi connectivity index (χ1v) is 4.78. The lowest BCUT2D eigenvalue weighted by atomic mass is 9.84. The SMILES string of the molecule is C=C[C@H]1CC/C=C\CC[C@@H]1C=C. The van der Waals surface area contributed by atoms with E-state index in [1.807, 2.05) is 0 Å². The van der Waals surface area contributed by atoms with E-state index in [0.29, 0.717) is 11.8 Å². The van der Waals surface area contributed by atoms with E-state index in [1.165, 1.54) is 25.7 Å². The normalized spacial score (nSPS) is 33.0. The van der Waals surface area contributed by atoms with Crippen molar-refractivity contribution in [3.8, 4) is 0 Å². The van der Waals surface area contributed by atoms with Gasteiger partial charge in [0.05, 0.1) is 0 Å². The maximum absolute atomic E-state index is 3.88. The van der Waals surface area contributed by atoms with Gasteiger partial charge in [0.1, 0.15) is 0 Å². The molecule has 0 aromatic rings. The second-order valence-electron chi connectivity index (χ2n) is 3.43. The van der Waals surface area contributed by atoms with Gasteiger partial charge in [-0.2, -0.15) is 0 Å². The van der Waals surface area contributed by atoms with Crippen LogP contribution in [0.1, 0.15) is 25.7 Å². The Labute approximate surface area is 75.7 Å². The van der Waals surface area contributed by atoms with Crippen LogP contribution >= 0.6 is 0 Å². The van der Waals surface area contributed by atoms with Crippen molar-refractivity contribution in [1.82, 2.24) is 0 Å². The first-order valence-electron chi connectivity index (χ1n) is 4.78. The molecule has 0 amide bonds. The second-order valence-corrected chi connectivity index (χ2v) is 3.43. The summed E-state index contributed by atoms with van der Waals surface area (Å²) in [4.78, 5) is 0. The van der Waals surface area contributed by atoms with Crippen LogP contribution in [0, 0.1) is 11.8 Å². The van der Waals surface area contributed by atoms with Gasteiger partial charge in [-0.25, -0.2) is 0 Å². The van der Waals surface area contributed by atoms with Gasteiger partial charge in [0.15, 0.2) is 0 Å². The monoisotopic (exact) mass is 162 g/mol. The van der Waals surface area contributed by atoms with Gasteiger partial charge in [-0.05, 0) is 37.5 Å². The fraction of sp³-hybridized carbons (Fsp3) is 0.500. The van der Waals surface area contributed by atoms with E-state index in [9.17, 15) is 0 Å². The smallest absolute Gasteiger partial charge is 0.0170 e. The summed E-state index contributed by atoms with van der Waals surface area (Å²) in [5, 5.41) is 0. The second kappa shape index (κ2) is 4.97. The molecule has 66 valence electrons. The fourth-order valence-corrected chi connectivity index (χ4v) is 1.83. The highest BCUT2D eigenvalue weighted by Gasteiger charge is 2.15. The standard InChI is InChI=1S/C12H18/c1-3-11-9-7-5-6-8-10-12(11)4-2/h3-6,11-12H,1-2,7-10H2/b6-5-/t11-,12-/m0/s1. The lowest BCUT2D eigenvalue weighted by Crippen LogP contribution is -2.10. The van der Waals surface area contributed by atoms with Crippen LogP contribution in [0.2, 0.25) is 0 Å². The van der Waals surface area contributed by atoms with Crippen molar-refractivity contribution in [3.05, 3.63) is 37.5 Å². The highest BCUT2D eigenvalue weighted by atomic mass is 14.2. The highest BCUT2D eigenvalue weighted by molar-refractivity contribution is 4.98. The van der Waals surface area contributed by atoms with Crippen molar-refractivity contribution in [3.63, 3.8) is 0 Å². The molecule has 0 saturated heterocycles. The molecule has 0 radical (unpaired) electrons. The summed E-state index contributed by atoms with van der Waals surface area (Å²) in [7, 11) is 0. The van der Waals surface area contributed by atoms with Crippen molar-refractivity contribution < 1.29 is 0 Å². The Morgan fingerprint density at radius 1 is 0.917 bits per heavy atom. The minimum absolute atomic E-state index is 0.646. The maximum Gasteiger partial charge on any atom is -0.0170 e. The average molecular weight is 162 g/mol. The number of allylic oxidation sites excluding steroid dienone is 4. The molecular formula is C12H18. The summed E-state index contributed by atoms with van der Waals surface area (Å²) < 4.78 is 0. The van der Waals surface area contributed by atoms with E-state index in [2.05, 4.69) is 37.5 Å². The van der Waals surface area contributed by atoms with Gasteiger partial charge in [0.2, 0.25) is 0 Å². The summed E-state index contributed by atoms with van der Waals surface area (Å²) in [5.41, 5.74) is 0. The van der Waals surface area contributed by atoms with Gasteiger partial charge in [-0.15, -0.1) is 13.2 Å². The minimum Gasteiger partial charge on any atom is -0.103 e. The van der Waals surface area contributed by atoms with Crippen LogP contribution in [0.15, 0.2) is 37.5 Å². The molecule has 0 fully saturated rings. The molecule has 2 atom stereocenters. The summed E-state index contributed by atoms with van der Waals surface area (Å²) in [6, 6.07) is 0. The molecule has 0 aromatic carbocycles. The molecule has 1 aliphatic carbocycles. The summed E-state index contributed by atoms with van der Waals surface area (Å²) >= 11 is 0. The lowest BCUT2D eigenvalue weighted by molar-refractivity contribution is 0.420. The Bertz CT molecular complexity index is 156. The Morgan fingerprint density at radius 2 is 1.33 bits per heavy atom. The summed E-state index contributed by atoms with van der Waals surface area (Å²) in [6.07, 6.45) is 13.6. The van der Waals surface area contributed by atoms with Gasteiger partial charge in [0, 0.05) is 0 Å². The van der Waals surface area contributed by atoms with E-state index >= 15 is 0 Å². The number of hydrogen-bond donors (Lipinski definition) is 0. The Kier molecular flexibility index (Phi) is 3.86. The van der Waals surface area contributed by atoms with Gasteiger partial charge in [-0.1, -0.05) is 24.3 Å². The van der Waals surface area contributed by atoms with E-state index in [-0.39, 0.29) is 0 Å². The zero-order valence-electron chi connectivity index (χ0n) is 7.71. The number of rotatable bonds is 2. The van der Waals surface area contributed by atoms with Crippen molar-refractivity contribution in [2.24, 2.45) is 11.8 Å². The molecule has 0 heterocycles. The van der Waals surface area contributed by atoms with Crippen LogP contribution in [-0.4, -0.2) is 0 Å². The fourth-order valence-electron chi connectivity index (χ4n) is 1.83. The van der Waals surface area contributed by atoms with Crippen LogP contribution in [0.25, 0.3) is 0 Å². The van der Waals surface area contributed by atoms with Crippen molar-refractivity contribution >= 4 is 0 Å². The Hall–Kier alpha value is -0.780. The predicted molar refractivity (Wildman–Crippen MR) is 55.0 cm³/mol. The van der Waals surface area contributed by atoms with E-state index in [4.69, 9.17) is 0 Å². The molecule has 0 heteroatoms. The third kappa shape index (κ3) is 2.37. The number of hydrogen-bond acceptors (Lipinski definition) is 0. The quantitative estimate of drug-likeness (QED) is 0.543. The Balaban J connectivity index is 2.60. The molecule has 1 aliphatic rings. The van der Waals surface area contributed by atoms with Gasteiger partial charge in [-0.3, -0.25) is 0 Å². The first-order chi connectivity index (χ1) is 5.88. The molecule has 0 nitrogen and oxygen atoms in total. The largest absolute Gasteiger partial charge is 0.103 e. The minimum atomic E-state index is 0.646. The topological polar surface area (TPSA) is 0 Å². The van der Waals surface area contributed by atoms with Crippen LogP contribution < -0.4 is 0 Å². The zero-order valence-corrected chi connectivity index (χ0v) is 7.71. The third-order valence-electron chi connectivity index (χ3n) is 2.66. The van der Waals surface area contributed by atoms with E-state index in [1.54, 1.807) is 0 Å². The van der Waals surface area contributed by atoms with Crippen LogP contribution in [-0.2, 0) is 0 Å². The molecule has 0 spiro atoms. The molecule has 0 aliphatic heterocycles. The van der Waals surface area contributed by atoms with Gasteiger partial charge in [0.25, 0.3) is 0 Å². The van der Waals surface area contributed by atoms with Crippen LogP contribution in [0.4, 0.5) is 0 Å². The predicted octanol–water partition coefficient (Wildman–Crippen LogP) is 3.72. The summed E-state index contributed by atoms with van der Waals surface area (Å²) in [6.45, 7) is 7.77. The van der Waals surface area contributed by atoms with Crippen LogP contribution in [0.5, 0.6) is 0 Å². The molecule has 12 heavy (non-hydrogen) atoms. The van der Waals surface area contributed by atoms with Crippen molar-refractivity contribution in [2.75, 3.05) is 0 Å². The van der Waals surface area contributed by atoms with Crippen molar-refractivity contribution in [2.45, 2.75) is 25.7 Å². The summed E-state index contributed by atoms with van der Waals surface area (Å²) in [5.74, 6) is 1.29. The van der Waals surface area contributed by atoms with Gasteiger partial charge < -0.3 is 0 Å².